The van der Waals surface area contributed by atoms with Gasteiger partial charge in [-0.1, -0.05) is 116 Å². The van der Waals surface area contributed by atoms with Crippen LogP contribution in [0.1, 0.15) is 58.8 Å². The van der Waals surface area contributed by atoms with Gasteiger partial charge < -0.3 is 0 Å². The number of Topliss-reactive ketones (excluding diaryl/α,β-unsaturated/α-hetero) is 1. The molecule has 0 aliphatic carbocycles. The van der Waals surface area contributed by atoms with Gasteiger partial charge in [0.05, 0.1) is 0 Å². The fourth-order valence-corrected chi connectivity index (χ4v) is 3.17. The monoisotopic (exact) mass is 400 g/mol. The summed E-state index contributed by atoms with van der Waals surface area (Å²) in [6.07, 6.45) is 10.8. The average molecular weight is 401 g/mol. The lowest BCUT2D eigenvalue weighted by Gasteiger charge is -2.01. The molecular weight excluding hydrogens is 376 g/mol. The minimum Gasteiger partial charge on any atom is -0.294 e. The van der Waals surface area contributed by atoms with Crippen molar-refractivity contribution in [2.75, 3.05) is 0 Å². The first kappa shape index (κ1) is 20.8. The fraction of sp³-hybridized carbons (Fsp3) is 0.148. The Morgan fingerprint density at radius 3 is 1.83 bits per heavy atom. The van der Waals surface area contributed by atoms with E-state index in [4.69, 9.17) is 11.6 Å². The molecule has 0 aromatic heterocycles. The van der Waals surface area contributed by atoms with E-state index in [0.717, 1.165) is 45.7 Å². The molecule has 0 aliphatic rings. The lowest BCUT2D eigenvalue weighted by Crippen LogP contribution is -1.98. The van der Waals surface area contributed by atoms with Crippen LogP contribution < -0.4 is 0 Å². The van der Waals surface area contributed by atoms with Crippen LogP contribution in [0, 0.1) is 0 Å². The maximum atomic E-state index is 12.1. The number of ketones is 1. The number of carbonyl (C=O) groups is 1. The Labute approximate surface area is 178 Å². The first-order valence-corrected chi connectivity index (χ1v) is 10.4. The Morgan fingerprint density at radius 2 is 1.28 bits per heavy atom. The summed E-state index contributed by atoms with van der Waals surface area (Å²) in [7, 11) is 0. The highest BCUT2D eigenvalue weighted by atomic mass is 35.5. The van der Waals surface area contributed by atoms with Gasteiger partial charge in [-0.25, -0.2) is 0 Å². The quantitative estimate of drug-likeness (QED) is 0.276. The van der Waals surface area contributed by atoms with Crippen molar-refractivity contribution < 1.29 is 4.79 Å². The normalized spacial score (nSPS) is 11.4. The van der Waals surface area contributed by atoms with Crippen molar-refractivity contribution in [3.05, 3.63) is 106 Å². The SMILES string of the molecule is CCCCC(=O)c1ccc(/C=C/c2ccc(/C=C/c3ccccc3Cl)cc2)cc1. The number of rotatable bonds is 8. The van der Waals surface area contributed by atoms with Gasteiger partial charge in [0.1, 0.15) is 0 Å². The van der Waals surface area contributed by atoms with Gasteiger partial charge in [-0.2, -0.15) is 0 Å². The Hall–Kier alpha value is -2.90. The summed E-state index contributed by atoms with van der Waals surface area (Å²) in [4.78, 5) is 12.1. The van der Waals surface area contributed by atoms with Gasteiger partial charge in [-0.05, 0) is 34.7 Å². The van der Waals surface area contributed by atoms with E-state index in [1.54, 1.807) is 0 Å². The van der Waals surface area contributed by atoms with E-state index in [0.29, 0.717) is 6.42 Å². The maximum Gasteiger partial charge on any atom is 0.162 e. The van der Waals surface area contributed by atoms with E-state index in [2.05, 4.69) is 49.4 Å². The molecular formula is C27H25ClO. The molecule has 0 unspecified atom stereocenters. The molecule has 2 heteroatoms. The maximum absolute atomic E-state index is 12.1. The third kappa shape index (κ3) is 6.30. The summed E-state index contributed by atoms with van der Waals surface area (Å²) in [5, 5.41) is 0.751. The summed E-state index contributed by atoms with van der Waals surface area (Å²) in [5.41, 5.74) is 5.14. The van der Waals surface area contributed by atoms with Crippen molar-refractivity contribution in [3.63, 3.8) is 0 Å². The van der Waals surface area contributed by atoms with Gasteiger partial charge >= 0.3 is 0 Å². The summed E-state index contributed by atoms with van der Waals surface area (Å²) in [6.45, 7) is 2.10. The van der Waals surface area contributed by atoms with E-state index < -0.39 is 0 Å². The molecule has 0 fully saturated rings. The molecule has 1 nitrogen and oxygen atoms in total. The summed E-state index contributed by atoms with van der Waals surface area (Å²) in [5.74, 6) is 0.225. The summed E-state index contributed by atoms with van der Waals surface area (Å²) in [6, 6.07) is 24.0. The summed E-state index contributed by atoms with van der Waals surface area (Å²) < 4.78 is 0. The van der Waals surface area contributed by atoms with Crippen LogP contribution >= 0.6 is 11.6 Å². The van der Waals surface area contributed by atoms with Crippen molar-refractivity contribution in [1.29, 1.82) is 0 Å². The molecule has 0 heterocycles. The number of hydrogen-bond acceptors (Lipinski definition) is 1. The highest BCUT2D eigenvalue weighted by Crippen LogP contribution is 2.18. The van der Waals surface area contributed by atoms with Crippen molar-refractivity contribution in [2.24, 2.45) is 0 Å². The van der Waals surface area contributed by atoms with E-state index in [1.807, 2.05) is 54.6 Å². The first-order valence-electron chi connectivity index (χ1n) is 10.00. The highest BCUT2D eigenvalue weighted by molar-refractivity contribution is 6.32. The molecule has 3 rings (SSSR count). The van der Waals surface area contributed by atoms with Crippen LogP contribution in [0.4, 0.5) is 0 Å². The second-order valence-electron chi connectivity index (χ2n) is 7.00. The molecule has 0 amide bonds. The van der Waals surface area contributed by atoms with Crippen LogP contribution in [0.15, 0.2) is 72.8 Å². The Kier molecular flexibility index (Phi) is 7.61. The van der Waals surface area contributed by atoms with E-state index in [9.17, 15) is 4.79 Å². The molecule has 0 radical (unpaired) electrons. The van der Waals surface area contributed by atoms with E-state index in [-0.39, 0.29) is 5.78 Å². The minimum atomic E-state index is 0.225. The fourth-order valence-electron chi connectivity index (χ4n) is 2.97. The van der Waals surface area contributed by atoms with Crippen LogP contribution in [0.2, 0.25) is 5.02 Å². The number of halogens is 1. The number of hydrogen-bond donors (Lipinski definition) is 0. The predicted molar refractivity (Wildman–Crippen MR) is 126 cm³/mol. The highest BCUT2D eigenvalue weighted by Gasteiger charge is 2.04. The Balaban J connectivity index is 1.61. The third-order valence-electron chi connectivity index (χ3n) is 4.76. The van der Waals surface area contributed by atoms with Crippen LogP contribution in [-0.2, 0) is 0 Å². The standard InChI is InChI=1S/C27H25ClO/c1-2-3-8-27(29)25-19-16-23(17-20-25)14-11-21-9-12-22(13-10-21)15-18-24-6-4-5-7-26(24)28/h4-7,9-20H,2-3,8H2,1H3/b14-11+,18-15+. The van der Waals surface area contributed by atoms with Gasteiger partial charge in [-0.15, -0.1) is 0 Å². The molecule has 3 aromatic carbocycles. The zero-order valence-corrected chi connectivity index (χ0v) is 17.4. The molecule has 0 atom stereocenters. The van der Waals surface area contributed by atoms with Gasteiger partial charge in [0.25, 0.3) is 0 Å². The van der Waals surface area contributed by atoms with Gasteiger partial charge in [0, 0.05) is 17.0 Å². The molecule has 0 N–H and O–H groups in total. The molecule has 146 valence electrons. The van der Waals surface area contributed by atoms with Crippen molar-refractivity contribution in [1.82, 2.24) is 0 Å². The Bertz CT molecular complexity index is 995. The molecule has 0 aliphatic heterocycles. The molecule has 29 heavy (non-hydrogen) atoms. The predicted octanol–water partition coefficient (Wildman–Crippen LogP) is 8.05. The lowest BCUT2D eigenvalue weighted by atomic mass is 10.0. The molecule has 0 bridgehead atoms. The van der Waals surface area contributed by atoms with E-state index in [1.165, 1.54) is 0 Å². The number of benzene rings is 3. The molecule has 3 aromatic rings. The first-order chi connectivity index (χ1) is 14.2. The number of unbranched alkanes of at least 4 members (excludes halogenated alkanes) is 1. The van der Waals surface area contributed by atoms with Crippen molar-refractivity contribution >= 4 is 41.7 Å². The minimum absolute atomic E-state index is 0.225. The van der Waals surface area contributed by atoms with Gasteiger partial charge in [-0.3, -0.25) is 4.79 Å². The van der Waals surface area contributed by atoms with Gasteiger partial charge in [0.15, 0.2) is 5.78 Å². The Morgan fingerprint density at radius 1 is 0.759 bits per heavy atom. The summed E-state index contributed by atoms with van der Waals surface area (Å²) >= 11 is 6.19. The molecule has 0 saturated heterocycles. The zero-order chi connectivity index (χ0) is 20.5. The zero-order valence-electron chi connectivity index (χ0n) is 16.6. The van der Waals surface area contributed by atoms with Crippen LogP contribution in [0.5, 0.6) is 0 Å². The second kappa shape index (κ2) is 10.6. The second-order valence-corrected chi connectivity index (χ2v) is 7.41. The molecule has 0 spiro atoms. The van der Waals surface area contributed by atoms with Crippen LogP contribution in [-0.4, -0.2) is 5.78 Å². The van der Waals surface area contributed by atoms with E-state index >= 15 is 0 Å². The van der Waals surface area contributed by atoms with Crippen molar-refractivity contribution in [3.8, 4) is 0 Å². The largest absolute Gasteiger partial charge is 0.294 e. The number of carbonyl (C=O) groups excluding carboxylic acids is 1. The average Bonchev–Trinajstić information content (AvgIpc) is 2.76. The van der Waals surface area contributed by atoms with Crippen molar-refractivity contribution in [2.45, 2.75) is 26.2 Å². The lowest BCUT2D eigenvalue weighted by molar-refractivity contribution is 0.0980. The topological polar surface area (TPSA) is 17.1 Å². The van der Waals surface area contributed by atoms with Gasteiger partial charge in [0.2, 0.25) is 0 Å². The smallest absolute Gasteiger partial charge is 0.162 e. The molecule has 0 saturated carbocycles. The third-order valence-corrected chi connectivity index (χ3v) is 5.10. The van der Waals surface area contributed by atoms with Crippen LogP contribution in [0.3, 0.4) is 0 Å². The van der Waals surface area contributed by atoms with Crippen LogP contribution in [0.25, 0.3) is 24.3 Å².